The van der Waals surface area contributed by atoms with Crippen LogP contribution >= 0.6 is 0 Å². The summed E-state index contributed by atoms with van der Waals surface area (Å²) in [5, 5.41) is 0. The van der Waals surface area contributed by atoms with Crippen molar-refractivity contribution in [3.05, 3.63) is 60.7 Å². The van der Waals surface area contributed by atoms with E-state index in [0.717, 1.165) is 11.1 Å². The molecule has 3 rings (SSSR count). The van der Waals surface area contributed by atoms with Crippen molar-refractivity contribution < 1.29 is 19.1 Å². The molecule has 2 amide bonds. The number of carbonyl (C=O) groups excluding carboxylic acids is 2. The second-order valence-electron chi connectivity index (χ2n) is 6.66. The van der Waals surface area contributed by atoms with Gasteiger partial charge < -0.3 is 20.1 Å². The van der Waals surface area contributed by atoms with E-state index in [2.05, 4.69) is 6.58 Å². The fourth-order valence-corrected chi connectivity index (χ4v) is 3.36. The lowest BCUT2D eigenvalue weighted by Gasteiger charge is -2.31. The van der Waals surface area contributed by atoms with Crippen LogP contribution in [0, 0.1) is 0 Å². The van der Waals surface area contributed by atoms with Crippen LogP contribution in [0.2, 0.25) is 0 Å². The van der Waals surface area contributed by atoms with Crippen molar-refractivity contribution in [3.63, 3.8) is 0 Å². The number of hydrogen-bond donors (Lipinski definition) is 1. The molecule has 1 heterocycles. The van der Waals surface area contributed by atoms with Crippen molar-refractivity contribution in [1.82, 2.24) is 4.90 Å². The molecule has 1 fully saturated rings. The number of carbonyl (C=O) groups is 2. The van der Waals surface area contributed by atoms with Gasteiger partial charge in [-0.2, -0.15) is 0 Å². The number of ether oxygens (including phenoxy) is 2. The number of benzene rings is 2. The van der Waals surface area contributed by atoms with Gasteiger partial charge in [-0.3, -0.25) is 9.59 Å². The highest BCUT2D eigenvalue weighted by Crippen LogP contribution is 2.33. The van der Waals surface area contributed by atoms with Crippen molar-refractivity contribution in [2.75, 3.05) is 20.2 Å². The number of nitrogens with zero attached hydrogens (tertiary/aromatic N) is 1. The van der Waals surface area contributed by atoms with Gasteiger partial charge in [0, 0.05) is 37.1 Å². The molecule has 1 aliphatic heterocycles. The Hall–Kier alpha value is -3.28. The molecule has 2 aromatic carbocycles. The van der Waals surface area contributed by atoms with Gasteiger partial charge in [-0.25, -0.2) is 0 Å². The Bertz CT molecular complexity index is 886. The predicted molar refractivity (Wildman–Crippen MR) is 107 cm³/mol. The fourth-order valence-electron chi connectivity index (χ4n) is 3.36. The third-order valence-corrected chi connectivity index (χ3v) is 4.84. The van der Waals surface area contributed by atoms with Crippen LogP contribution in [0.15, 0.2) is 55.1 Å². The lowest BCUT2D eigenvalue weighted by molar-refractivity contribution is -0.127. The second kappa shape index (κ2) is 8.61. The van der Waals surface area contributed by atoms with Crippen LogP contribution in [0.1, 0.15) is 23.2 Å². The van der Waals surface area contributed by atoms with Gasteiger partial charge in [-0.05, 0) is 35.9 Å². The number of methoxy groups -OCH3 is 1. The van der Waals surface area contributed by atoms with Crippen molar-refractivity contribution in [3.8, 4) is 22.6 Å². The van der Waals surface area contributed by atoms with Gasteiger partial charge >= 0.3 is 0 Å². The number of para-hydroxylation sites is 1. The van der Waals surface area contributed by atoms with Crippen molar-refractivity contribution in [2.24, 2.45) is 5.73 Å². The van der Waals surface area contributed by atoms with Crippen LogP contribution in [-0.2, 0) is 4.79 Å². The Kier molecular flexibility index (Phi) is 5.99. The second-order valence-corrected chi connectivity index (χ2v) is 6.66. The summed E-state index contributed by atoms with van der Waals surface area (Å²) in [6, 6.07) is 12.8. The van der Waals surface area contributed by atoms with Crippen molar-refractivity contribution >= 4 is 11.8 Å². The number of nitrogens with two attached hydrogens (primary N) is 1. The molecule has 1 aliphatic rings. The Morgan fingerprint density at radius 3 is 2.54 bits per heavy atom. The first kappa shape index (κ1) is 19.5. The van der Waals surface area contributed by atoms with Crippen LogP contribution in [0.5, 0.6) is 11.5 Å². The average molecular weight is 380 g/mol. The summed E-state index contributed by atoms with van der Waals surface area (Å²) in [4.78, 5) is 25.3. The zero-order chi connectivity index (χ0) is 20.1. The third-order valence-electron chi connectivity index (χ3n) is 4.84. The number of amides is 2. The molecule has 0 bridgehead atoms. The maximum absolute atomic E-state index is 11.8. The number of primary amides is 1. The molecule has 28 heavy (non-hydrogen) atoms. The number of rotatable bonds is 6. The minimum atomic E-state index is -0.520. The van der Waals surface area contributed by atoms with E-state index in [-0.39, 0.29) is 12.0 Å². The molecule has 0 spiro atoms. The molecule has 146 valence electrons. The van der Waals surface area contributed by atoms with E-state index < -0.39 is 5.91 Å². The monoisotopic (exact) mass is 380 g/mol. The molecule has 6 heteroatoms. The van der Waals surface area contributed by atoms with E-state index in [1.165, 1.54) is 6.08 Å². The summed E-state index contributed by atoms with van der Waals surface area (Å²) < 4.78 is 11.6. The maximum atomic E-state index is 11.8. The number of likely N-dealkylation sites (tertiary alicyclic amines) is 1. The van der Waals surface area contributed by atoms with E-state index >= 15 is 0 Å². The first-order chi connectivity index (χ1) is 13.5. The highest BCUT2D eigenvalue weighted by atomic mass is 16.5. The summed E-state index contributed by atoms with van der Waals surface area (Å²) in [5.74, 6) is 0.692. The van der Waals surface area contributed by atoms with E-state index in [1.54, 1.807) is 24.1 Å². The highest BCUT2D eigenvalue weighted by Gasteiger charge is 2.23. The molecule has 0 atom stereocenters. The zero-order valence-corrected chi connectivity index (χ0v) is 15.9. The van der Waals surface area contributed by atoms with Crippen LogP contribution in [0.25, 0.3) is 11.1 Å². The maximum Gasteiger partial charge on any atom is 0.248 e. The minimum Gasteiger partial charge on any atom is -0.496 e. The highest BCUT2D eigenvalue weighted by molar-refractivity contribution is 5.95. The summed E-state index contributed by atoms with van der Waals surface area (Å²) in [6.07, 6.45) is 2.72. The van der Waals surface area contributed by atoms with Gasteiger partial charge in [0.25, 0.3) is 0 Å². The van der Waals surface area contributed by atoms with E-state index in [9.17, 15) is 9.59 Å². The largest absolute Gasteiger partial charge is 0.496 e. The first-order valence-corrected chi connectivity index (χ1v) is 9.18. The molecule has 2 aromatic rings. The van der Waals surface area contributed by atoms with Gasteiger partial charge in [0.1, 0.15) is 17.6 Å². The molecule has 0 aliphatic carbocycles. The summed E-state index contributed by atoms with van der Waals surface area (Å²) >= 11 is 0. The summed E-state index contributed by atoms with van der Waals surface area (Å²) in [6.45, 7) is 4.76. The Labute approximate surface area is 164 Å². The molecule has 0 aromatic heterocycles. The molecular weight excluding hydrogens is 356 g/mol. The van der Waals surface area contributed by atoms with Crippen LogP contribution in [-0.4, -0.2) is 43.0 Å². The smallest absolute Gasteiger partial charge is 0.248 e. The average Bonchev–Trinajstić information content (AvgIpc) is 2.73. The van der Waals surface area contributed by atoms with Gasteiger partial charge in [0.2, 0.25) is 11.8 Å². The first-order valence-electron chi connectivity index (χ1n) is 9.18. The van der Waals surface area contributed by atoms with Crippen molar-refractivity contribution in [1.29, 1.82) is 0 Å². The molecular formula is C22H24N2O4. The molecule has 1 saturated heterocycles. The van der Waals surface area contributed by atoms with Gasteiger partial charge in [0.05, 0.1) is 7.11 Å². The van der Waals surface area contributed by atoms with Crippen molar-refractivity contribution in [2.45, 2.75) is 18.9 Å². The minimum absolute atomic E-state index is 0.0393. The van der Waals surface area contributed by atoms with E-state index in [1.807, 2.05) is 30.3 Å². The lowest BCUT2D eigenvalue weighted by atomic mass is 10.0. The Balaban J connectivity index is 1.84. The third kappa shape index (κ3) is 4.34. The standard InChI is InChI=1S/C22H24N2O4/c1-3-21(25)24-10-8-17(9-11-24)28-18-13-15(12-16(14-18)22(23)26)19-6-4-5-7-20(19)27-2/h3-7,12-14,17H,1,8-11H2,2H3,(H2,23,26). The molecule has 0 radical (unpaired) electrons. The molecule has 0 unspecified atom stereocenters. The molecule has 2 N–H and O–H groups in total. The fraction of sp³-hybridized carbons (Fsp3) is 0.273. The van der Waals surface area contributed by atoms with E-state index in [0.29, 0.717) is 43.0 Å². The SMILES string of the molecule is C=CC(=O)N1CCC(Oc2cc(C(N)=O)cc(-c3ccccc3OC)c2)CC1. The Morgan fingerprint density at radius 2 is 1.89 bits per heavy atom. The normalized spacial score (nSPS) is 14.4. The zero-order valence-electron chi connectivity index (χ0n) is 15.9. The predicted octanol–water partition coefficient (Wildman–Crippen LogP) is 3.02. The van der Waals surface area contributed by atoms with Gasteiger partial charge in [0.15, 0.2) is 0 Å². The topological polar surface area (TPSA) is 81.9 Å². The summed E-state index contributed by atoms with van der Waals surface area (Å²) in [7, 11) is 1.60. The molecule has 0 saturated carbocycles. The lowest BCUT2D eigenvalue weighted by Crippen LogP contribution is -2.41. The number of piperidine rings is 1. The quantitative estimate of drug-likeness (QED) is 0.781. The van der Waals surface area contributed by atoms with Crippen LogP contribution in [0.3, 0.4) is 0 Å². The Morgan fingerprint density at radius 1 is 1.18 bits per heavy atom. The molecule has 6 nitrogen and oxygen atoms in total. The summed E-state index contributed by atoms with van der Waals surface area (Å²) in [5.41, 5.74) is 7.54. The van der Waals surface area contributed by atoms with E-state index in [4.69, 9.17) is 15.2 Å². The van der Waals surface area contributed by atoms with Gasteiger partial charge in [-0.15, -0.1) is 0 Å². The van der Waals surface area contributed by atoms with Crippen LogP contribution < -0.4 is 15.2 Å². The number of hydrogen-bond acceptors (Lipinski definition) is 4. The van der Waals surface area contributed by atoms with Gasteiger partial charge in [-0.1, -0.05) is 24.8 Å². The van der Waals surface area contributed by atoms with Crippen LogP contribution in [0.4, 0.5) is 0 Å².